The summed E-state index contributed by atoms with van der Waals surface area (Å²) in [6, 6.07) is 7.33. The van der Waals surface area contributed by atoms with Gasteiger partial charge < -0.3 is 15.5 Å². The lowest BCUT2D eigenvalue weighted by Crippen LogP contribution is -2.25. The third-order valence-corrected chi connectivity index (χ3v) is 3.26. The number of rotatable bonds is 5. The number of aromatic nitrogens is 1. The van der Waals surface area contributed by atoms with Gasteiger partial charge in [-0.2, -0.15) is 0 Å². The average molecular weight is 274 g/mol. The minimum absolute atomic E-state index is 0.101. The van der Waals surface area contributed by atoms with Crippen molar-refractivity contribution in [3.05, 3.63) is 36.0 Å². The third kappa shape index (κ3) is 2.88. The van der Waals surface area contributed by atoms with E-state index in [0.717, 1.165) is 10.9 Å². The number of fused-ring (bicyclic) bond motifs is 1. The Morgan fingerprint density at radius 3 is 2.70 bits per heavy atom. The number of carbonyl (C=O) groups is 1. The zero-order chi connectivity index (χ0) is 14.7. The minimum atomic E-state index is -1.04. The molecule has 2 aromatic rings. The molecule has 5 heteroatoms. The van der Waals surface area contributed by atoms with Crippen LogP contribution in [-0.2, 0) is 0 Å². The van der Waals surface area contributed by atoms with Crippen molar-refractivity contribution in [2.75, 3.05) is 11.9 Å². The number of aliphatic hydroxyl groups excluding tert-OH is 1. The smallest absolute Gasteiger partial charge is 0.339 e. The van der Waals surface area contributed by atoms with Crippen LogP contribution in [-0.4, -0.2) is 33.8 Å². The van der Waals surface area contributed by atoms with E-state index >= 15 is 0 Å². The van der Waals surface area contributed by atoms with Gasteiger partial charge in [0.1, 0.15) is 5.56 Å². The molecule has 1 aromatic carbocycles. The van der Waals surface area contributed by atoms with Gasteiger partial charge in [-0.3, -0.25) is 4.98 Å². The van der Waals surface area contributed by atoms with Crippen LogP contribution in [0.5, 0.6) is 0 Å². The van der Waals surface area contributed by atoms with Crippen molar-refractivity contribution in [1.82, 2.24) is 4.98 Å². The number of pyridine rings is 1. The molecule has 3 N–H and O–H groups in total. The Bertz CT molecular complexity index is 626. The fourth-order valence-electron chi connectivity index (χ4n) is 1.94. The van der Waals surface area contributed by atoms with E-state index in [-0.39, 0.29) is 11.5 Å². The van der Waals surface area contributed by atoms with Gasteiger partial charge in [-0.15, -0.1) is 0 Å². The highest BCUT2D eigenvalue weighted by atomic mass is 16.4. The molecule has 106 valence electrons. The Kier molecular flexibility index (Phi) is 4.20. The number of hydrogen-bond donors (Lipinski definition) is 3. The van der Waals surface area contributed by atoms with Crippen molar-refractivity contribution >= 4 is 22.6 Å². The maximum atomic E-state index is 11.3. The van der Waals surface area contributed by atoms with Crippen molar-refractivity contribution < 1.29 is 15.0 Å². The largest absolute Gasteiger partial charge is 0.478 e. The molecule has 0 fully saturated rings. The van der Waals surface area contributed by atoms with Gasteiger partial charge in [0.25, 0.3) is 0 Å². The molecule has 0 aliphatic carbocycles. The van der Waals surface area contributed by atoms with Crippen molar-refractivity contribution in [1.29, 1.82) is 0 Å². The summed E-state index contributed by atoms with van der Waals surface area (Å²) in [6.07, 6.45) is 0.804. The number of carboxylic acids is 1. The van der Waals surface area contributed by atoms with Gasteiger partial charge in [-0.25, -0.2) is 4.79 Å². The Morgan fingerprint density at radius 1 is 1.35 bits per heavy atom. The van der Waals surface area contributed by atoms with Gasteiger partial charge in [0, 0.05) is 18.1 Å². The maximum absolute atomic E-state index is 11.3. The third-order valence-electron chi connectivity index (χ3n) is 3.26. The fourth-order valence-corrected chi connectivity index (χ4v) is 1.94. The van der Waals surface area contributed by atoms with Crippen LogP contribution in [0.4, 0.5) is 5.69 Å². The van der Waals surface area contributed by atoms with Crippen LogP contribution in [0.15, 0.2) is 30.5 Å². The molecule has 2 rings (SSSR count). The van der Waals surface area contributed by atoms with Crippen LogP contribution in [0.2, 0.25) is 0 Å². The first-order valence-electron chi connectivity index (χ1n) is 6.53. The van der Waals surface area contributed by atoms with Crippen LogP contribution < -0.4 is 5.32 Å². The predicted molar refractivity (Wildman–Crippen MR) is 78.0 cm³/mol. The summed E-state index contributed by atoms with van der Waals surface area (Å²) in [7, 11) is 0. The molecule has 0 saturated carbocycles. The molecule has 0 amide bonds. The van der Waals surface area contributed by atoms with Crippen LogP contribution in [0.3, 0.4) is 0 Å². The van der Waals surface area contributed by atoms with Crippen LogP contribution in [0.25, 0.3) is 10.9 Å². The number of benzene rings is 1. The summed E-state index contributed by atoms with van der Waals surface area (Å²) in [4.78, 5) is 15.4. The first-order chi connectivity index (χ1) is 9.50. The number of anilines is 1. The van der Waals surface area contributed by atoms with Gasteiger partial charge in [-0.05, 0) is 12.0 Å². The molecule has 0 bridgehead atoms. The summed E-state index contributed by atoms with van der Waals surface area (Å²) in [6.45, 7) is 4.12. The molecule has 0 saturated heterocycles. The molecule has 0 spiro atoms. The molecule has 1 atom stereocenters. The van der Waals surface area contributed by atoms with E-state index in [2.05, 4.69) is 10.3 Å². The molecule has 0 aliphatic heterocycles. The summed E-state index contributed by atoms with van der Waals surface area (Å²) >= 11 is 0. The Hall–Kier alpha value is -2.14. The van der Waals surface area contributed by atoms with Crippen LogP contribution in [0.1, 0.15) is 24.2 Å². The first-order valence-corrected chi connectivity index (χ1v) is 6.53. The van der Waals surface area contributed by atoms with Crippen molar-refractivity contribution in [3.63, 3.8) is 0 Å². The number of para-hydroxylation sites is 1. The molecule has 20 heavy (non-hydrogen) atoms. The Morgan fingerprint density at radius 2 is 2.05 bits per heavy atom. The van der Waals surface area contributed by atoms with Crippen LogP contribution >= 0.6 is 0 Å². The molecule has 0 aliphatic rings. The lowest BCUT2D eigenvalue weighted by atomic mass is 10.1. The van der Waals surface area contributed by atoms with Crippen molar-refractivity contribution in [3.8, 4) is 0 Å². The number of nitrogens with one attached hydrogen (secondary N) is 1. The quantitative estimate of drug-likeness (QED) is 0.779. The first kappa shape index (κ1) is 14.3. The predicted octanol–water partition coefficient (Wildman–Crippen LogP) is 2.36. The highest BCUT2D eigenvalue weighted by Gasteiger charge is 2.16. The summed E-state index contributed by atoms with van der Waals surface area (Å²) in [5.74, 6) is -0.936. The molecule has 1 aromatic heterocycles. The second-order valence-corrected chi connectivity index (χ2v) is 5.06. The second kappa shape index (κ2) is 5.88. The number of aliphatic hydroxyl groups is 1. The van der Waals surface area contributed by atoms with Gasteiger partial charge in [0.2, 0.25) is 0 Å². The fraction of sp³-hybridized carbons (Fsp3) is 0.333. The SMILES string of the molecule is CC(C)C(O)CNc1c(C(=O)O)cnc2ccccc12. The maximum Gasteiger partial charge on any atom is 0.339 e. The molecule has 1 heterocycles. The van der Waals surface area contributed by atoms with E-state index in [0.29, 0.717) is 12.2 Å². The summed E-state index contributed by atoms with van der Waals surface area (Å²) < 4.78 is 0. The van der Waals surface area contributed by atoms with Gasteiger partial charge in [0.05, 0.1) is 17.3 Å². The highest BCUT2D eigenvalue weighted by molar-refractivity contribution is 6.04. The van der Waals surface area contributed by atoms with Crippen LogP contribution in [0, 0.1) is 5.92 Å². The van der Waals surface area contributed by atoms with E-state index < -0.39 is 12.1 Å². The number of carboxylic acid groups (broad SMARTS) is 1. The molecular formula is C15H18N2O3. The normalized spacial score (nSPS) is 12.6. The standard InChI is InChI=1S/C15H18N2O3/c1-9(2)13(18)8-17-14-10-5-3-4-6-12(10)16-7-11(14)15(19)20/h3-7,9,13,18H,8H2,1-2H3,(H,16,17)(H,19,20). The van der Waals surface area contributed by atoms with E-state index in [1.165, 1.54) is 6.20 Å². The zero-order valence-electron chi connectivity index (χ0n) is 11.5. The highest BCUT2D eigenvalue weighted by Crippen LogP contribution is 2.26. The van der Waals surface area contributed by atoms with E-state index in [9.17, 15) is 15.0 Å². The lowest BCUT2D eigenvalue weighted by molar-refractivity contribution is 0.0697. The molecule has 0 radical (unpaired) electrons. The Balaban J connectivity index is 2.42. The summed E-state index contributed by atoms with van der Waals surface area (Å²) in [5.41, 5.74) is 1.33. The monoisotopic (exact) mass is 274 g/mol. The van der Waals surface area contributed by atoms with Gasteiger partial charge >= 0.3 is 5.97 Å². The average Bonchev–Trinajstić information content (AvgIpc) is 2.43. The number of aromatic carboxylic acids is 1. The number of hydrogen-bond acceptors (Lipinski definition) is 4. The van der Waals surface area contributed by atoms with Crippen molar-refractivity contribution in [2.45, 2.75) is 20.0 Å². The van der Waals surface area contributed by atoms with Gasteiger partial charge in [0.15, 0.2) is 0 Å². The topological polar surface area (TPSA) is 82.5 Å². The molecule has 5 nitrogen and oxygen atoms in total. The lowest BCUT2D eigenvalue weighted by Gasteiger charge is -2.18. The Labute approximate surface area is 117 Å². The second-order valence-electron chi connectivity index (χ2n) is 5.06. The van der Waals surface area contributed by atoms with Gasteiger partial charge in [-0.1, -0.05) is 32.0 Å². The molecular weight excluding hydrogens is 256 g/mol. The number of nitrogens with zero attached hydrogens (tertiary/aromatic N) is 1. The van der Waals surface area contributed by atoms with E-state index in [1.54, 1.807) is 0 Å². The molecule has 1 unspecified atom stereocenters. The minimum Gasteiger partial charge on any atom is -0.478 e. The van der Waals surface area contributed by atoms with Crippen molar-refractivity contribution in [2.24, 2.45) is 5.92 Å². The summed E-state index contributed by atoms with van der Waals surface area (Å²) in [5, 5.41) is 22.9. The van der Waals surface area contributed by atoms with E-state index in [4.69, 9.17) is 0 Å². The van der Waals surface area contributed by atoms with E-state index in [1.807, 2.05) is 38.1 Å². The zero-order valence-corrected chi connectivity index (χ0v) is 11.5.